The topological polar surface area (TPSA) is 55.8 Å². The lowest BCUT2D eigenvalue weighted by atomic mass is 9.96. The van der Waals surface area contributed by atoms with Crippen LogP contribution in [-0.4, -0.2) is 66.8 Å². The number of aliphatic hydroxyl groups is 1. The predicted octanol–water partition coefficient (Wildman–Crippen LogP) is 1.57. The number of hydrogen-bond donors (Lipinski definition) is 2. The second kappa shape index (κ2) is 8.31. The number of β-amino-alcohol motifs (C(OH)–C–C–N with tert-alkyl or cyclic N) is 1. The third-order valence-electron chi connectivity index (χ3n) is 4.44. The lowest BCUT2D eigenvalue weighted by molar-refractivity contribution is 0.0428. The van der Waals surface area contributed by atoms with Crippen molar-refractivity contribution in [2.45, 2.75) is 31.9 Å². The zero-order valence-corrected chi connectivity index (χ0v) is 14.4. The lowest BCUT2D eigenvalue weighted by Gasteiger charge is -2.35. The van der Waals surface area contributed by atoms with Crippen LogP contribution in [0.25, 0.3) is 0 Å². The van der Waals surface area contributed by atoms with Gasteiger partial charge in [0.25, 0.3) is 0 Å². The van der Waals surface area contributed by atoms with Gasteiger partial charge in [-0.05, 0) is 38.4 Å². The van der Waals surface area contributed by atoms with Crippen LogP contribution in [0.15, 0.2) is 30.3 Å². The Balaban J connectivity index is 1.95. The van der Waals surface area contributed by atoms with E-state index in [4.69, 9.17) is 0 Å². The minimum atomic E-state index is -0.420. The van der Waals surface area contributed by atoms with Crippen molar-refractivity contribution in [2.75, 3.05) is 33.7 Å². The molecule has 23 heavy (non-hydrogen) atoms. The van der Waals surface area contributed by atoms with Crippen LogP contribution >= 0.6 is 0 Å². The number of carbonyl (C=O) groups is 1. The summed E-state index contributed by atoms with van der Waals surface area (Å²) < 4.78 is 0. The number of nitrogens with one attached hydrogen (secondary N) is 1. The van der Waals surface area contributed by atoms with E-state index >= 15 is 0 Å². The number of likely N-dealkylation sites (N-methyl/N-ethyl adjacent to an activating group) is 1. The number of amides is 2. The summed E-state index contributed by atoms with van der Waals surface area (Å²) in [6.07, 6.45) is 1.24. The predicted molar refractivity (Wildman–Crippen MR) is 92.4 cm³/mol. The zero-order valence-electron chi connectivity index (χ0n) is 14.4. The molecule has 5 nitrogen and oxygen atoms in total. The van der Waals surface area contributed by atoms with E-state index in [9.17, 15) is 9.90 Å². The Morgan fingerprint density at radius 2 is 2.09 bits per heavy atom. The van der Waals surface area contributed by atoms with Crippen LogP contribution in [0.5, 0.6) is 0 Å². The summed E-state index contributed by atoms with van der Waals surface area (Å²) in [5.41, 5.74) is 1.21. The molecule has 0 radical (unpaired) electrons. The normalized spacial score (nSPS) is 22.9. The number of piperidine rings is 1. The van der Waals surface area contributed by atoms with Crippen molar-refractivity contribution in [2.24, 2.45) is 5.92 Å². The summed E-state index contributed by atoms with van der Waals surface area (Å²) >= 11 is 0. The van der Waals surface area contributed by atoms with Crippen LogP contribution in [0.2, 0.25) is 0 Å². The monoisotopic (exact) mass is 319 g/mol. The molecule has 0 aliphatic carbocycles. The first kappa shape index (κ1) is 17.8. The number of hydrogen-bond acceptors (Lipinski definition) is 3. The largest absolute Gasteiger partial charge is 0.391 e. The van der Waals surface area contributed by atoms with Gasteiger partial charge < -0.3 is 20.2 Å². The summed E-state index contributed by atoms with van der Waals surface area (Å²) in [5.74, 6) is 0.265. The maximum atomic E-state index is 12.5. The average Bonchev–Trinajstić information content (AvgIpc) is 2.50. The van der Waals surface area contributed by atoms with E-state index in [-0.39, 0.29) is 18.0 Å². The Morgan fingerprint density at radius 1 is 1.39 bits per heavy atom. The second-order valence-corrected chi connectivity index (χ2v) is 6.88. The van der Waals surface area contributed by atoms with Gasteiger partial charge in [0.1, 0.15) is 0 Å². The molecule has 0 saturated carbocycles. The van der Waals surface area contributed by atoms with Crippen molar-refractivity contribution < 1.29 is 9.90 Å². The number of rotatable bonds is 5. The first-order valence-electron chi connectivity index (χ1n) is 8.38. The molecule has 1 aromatic carbocycles. The van der Waals surface area contributed by atoms with Crippen LogP contribution in [0, 0.1) is 5.92 Å². The fourth-order valence-corrected chi connectivity index (χ4v) is 3.00. The molecular formula is C18H29N3O2. The number of likely N-dealkylation sites (tertiary alicyclic amines) is 1. The summed E-state index contributed by atoms with van der Waals surface area (Å²) in [6.45, 7) is 3.95. The van der Waals surface area contributed by atoms with Gasteiger partial charge in [-0.2, -0.15) is 0 Å². The molecule has 0 bridgehead atoms. The van der Waals surface area contributed by atoms with Gasteiger partial charge >= 0.3 is 6.03 Å². The van der Waals surface area contributed by atoms with E-state index in [0.29, 0.717) is 13.1 Å². The van der Waals surface area contributed by atoms with Gasteiger partial charge in [0.2, 0.25) is 0 Å². The molecule has 1 aromatic rings. The van der Waals surface area contributed by atoms with Crippen LogP contribution < -0.4 is 5.32 Å². The molecule has 1 aliphatic heterocycles. The summed E-state index contributed by atoms with van der Waals surface area (Å²) in [4.78, 5) is 16.3. The maximum absolute atomic E-state index is 12.5. The van der Waals surface area contributed by atoms with Crippen LogP contribution in [0.3, 0.4) is 0 Å². The molecule has 1 heterocycles. The third-order valence-corrected chi connectivity index (χ3v) is 4.44. The highest BCUT2D eigenvalue weighted by Gasteiger charge is 2.28. The minimum absolute atomic E-state index is 0.0522. The fourth-order valence-electron chi connectivity index (χ4n) is 3.00. The van der Waals surface area contributed by atoms with Crippen molar-refractivity contribution in [3.8, 4) is 0 Å². The molecule has 2 N–H and O–H groups in total. The minimum Gasteiger partial charge on any atom is -0.391 e. The summed E-state index contributed by atoms with van der Waals surface area (Å²) in [5, 5.41) is 13.1. The Kier molecular flexibility index (Phi) is 6.42. The highest BCUT2D eigenvalue weighted by Crippen LogP contribution is 2.17. The van der Waals surface area contributed by atoms with Crippen molar-refractivity contribution in [3.05, 3.63) is 35.9 Å². The highest BCUT2D eigenvalue weighted by molar-refractivity contribution is 5.74. The lowest BCUT2D eigenvalue weighted by Crippen LogP contribution is -2.53. The van der Waals surface area contributed by atoms with E-state index in [1.807, 2.05) is 39.2 Å². The molecule has 3 unspecified atom stereocenters. The van der Waals surface area contributed by atoms with Gasteiger partial charge in [-0.3, -0.25) is 0 Å². The summed E-state index contributed by atoms with van der Waals surface area (Å²) in [6, 6.07) is 10.2. The van der Waals surface area contributed by atoms with Crippen molar-refractivity contribution in [1.82, 2.24) is 15.1 Å². The second-order valence-electron chi connectivity index (χ2n) is 6.88. The molecule has 0 aromatic heterocycles. The highest BCUT2D eigenvalue weighted by atomic mass is 16.3. The van der Waals surface area contributed by atoms with E-state index in [2.05, 4.69) is 22.3 Å². The standard InChI is InChI=1S/C18H29N3O2/c1-14-9-10-21(13-17(14)22)18(23)19-16(12-20(2)3)11-15-7-5-4-6-8-15/h4-8,14,16-17,22H,9-13H2,1-3H3,(H,19,23). The Morgan fingerprint density at radius 3 is 2.70 bits per heavy atom. The van der Waals surface area contributed by atoms with Gasteiger partial charge in [0, 0.05) is 25.7 Å². The molecule has 1 saturated heterocycles. The van der Waals surface area contributed by atoms with Crippen molar-refractivity contribution in [1.29, 1.82) is 0 Å². The molecule has 3 atom stereocenters. The average molecular weight is 319 g/mol. The van der Waals surface area contributed by atoms with E-state index < -0.39 is 6.10 Å². The Labute approximate surface area is 139 Å². The number of benzene rings is 1. The number of nitrogens with zero attached hydrogens (tertiary/aromatic N) is 2. The number of carbonyl (C=O) groups excluding carboxylic acids is 1. The van der Waals surface area contributed by atoms with Gasteiger partial charge in [0.05, 0.1) is 6.10 Å². The third kappa shape index (κ3) is 5.52. The number of aliphatic hydroxyl groups excluding tert-OH is 1. The van der Waals surface area contributed by atoms with Crippen LogP contribution in [0.4, 0.5) is 4.79 Å². The van der Waals surface area contributed by atoms with Gasteiger partial charge in [-0.1, -0.05) is 37.3 Å². The Hall–Kier alpha value is -1.59. The zero-order chi connectivity index (χ0) is 16.8. The molecule has 1 fully saturated rings. The van der Waals surface area contributed by atoms with Crippen LogP contribution in [-0.2, 0) is 6.42 Å². The first-order valence-corrected chi connectivity index (χ1v) is 8.38. The van der Waals surface area contributed by atoms with E-state index in [1.54, 1.807) is 4.90 Å². The maximum Gasteiger partial charge on any atom is 0.317 e. The van der Waals surface area contributed by atoms with Crippen molar-refractivity contribution in [3.63, 3.8) is 0 Å². The smallest absolute Gasteiger partial charge is 0.317 e. The van der Waals surface area contributed by atoms with Gasteiger partial charge in [-0.15, -0.1) is 0 Å². The van der Waals surface area contributed by atoms with E-state index in [0.717, 1.165) is 19.4 Å². The Bertz CT molecular complexity index is 492. The van der Waals surface area contributed by atoms with Crippen LogP contribution in [0.1, 0.15) is 18.9 Å². The molecule has 2 amide bonds. The summed E-state index contributed by atoms with van der Waals surface area (Å²) in [7, 11) is 4.02. The SMILES string of the molecule is CC1CCN(C(=O)NC(Cc2ccccc2)CN(C)C)CC1O. The first-order chi connectivity index (χ1) is 11.0. The molecule has 2 rings (SSSR count). The van der Waals surface area contributed by atoms with Gasteiger partial charge in [0.15, 0.2) is 0 Å². The number of urea groups is 1. The van der Waals surface area contributed by atoms with Crippen molar-refractivity contribution >= 4 is 6.03 Å². The molecule has 5 heteroatoms. The van der Waals surface area contributed by atoms with Gasteiger partial charge in [-0.25, -0.2) is 4.79 Å². The molecule has 0 spiro atoms. The molecule has 1 aliphatic rings. The fraction of sp³-hybridized carbons (Fsp3) is 0.611. The van der Waals surface area contributed by atoms with E-state index in [1.165, 1.54) is 5.56 Å². The molecule has 128 valence electrons. The quantitative estimate of drug-likeness (QED) is 0.866. The molecular weight excluding hydrogens is 290 g/mol.